The van der Waals surface area contributed by atoms with E-state index in [4.69, 9.17) is 10.5 Å². The molecule has 4 heteroatoms. The molecule has 0 aliphatic heterocycles. The first-order chi connectivity index (χ1) is 6.00. The molecule has 1 aromatic carbocycles. The molecule has 2 N–H and O–H groups in total. The van der Waals surface area contributed by atoms with E-state index in [9.17, 15) is 0 Å². The van der Waals surface area contributed by atoms with Gasteiger partial charge in [-0.2, -0.15) is 0 Å². The average molecular weight is 309 g/mol. The lowest BCUT2D eigenvalue weighted by Gasteiger charge is -2.13. The van der Waals surface area contributed by atoms with Crippen molar-refractivity contribution in [2.45, 2.75) is 20.0 Å². The molecule has 0 aliphatic carbocycles. The standard InChI is InChI=1S/C9H11Br2NO/c1-5(2)13-8-4-6(10)3-7(11)9(8)12/h3-5H,12H2,1-2H3. The minimum absolute atomic E-state index is 0.128. The molecule has 72 valence electrons. The Kier molecular flexibility index (Phi) is 3.62. The maximum Gasteiger partial charge on any atom is 0.144 e. The van der Waals surface area contributed by atoms with E-state index in [0.29, 0.717) is 11.4 Å². The van der Waals surface area contributed by atoms with Gasteiger partial charge in [-0.15, -0.1) is 0 Å². The second-order valence-corrected chi connectivity index (χ2v) is 4.74. The number of benzene rings is 1. The lowest BCUT2D eigenvalue weighted by atomic mass is 10.3. The van der Waals surface area contributed by atoms with Crippen LogP contribution < -0.4 is 10.5 Å². The molecule has 0 bridgehead atoms. The fraction of sp³-hybridized carbons (Fsp3) is 0.333. The van der Waals surface area contributed by atoms with Gasteiger partial charge in [0.25, 0.3) is 0 Å². The van der Waals surface area contributed by atoms with E-state index in [1.54, 1.807) is 0 Å². The Morgan fingerprint density at radius 1 is 1.31 bits per heavy atom. The predicted octanol–water partition coefficient (Wildman–Crippen LogP) is 3.58. The zero-order valence-corrected chi connectivity index (χ0v) is 10.6. The smallest absolute Gasteiger partial charge is 0.144 e. The molecular weight excluding hydrogens is 298 g/mol. The lowest BCUT2D eigenvalue weighted by molar-refractivity contribution is 0.243. The monoisotopic (exact) mass is 307 g/mol. The predicted molar refractivity (Wildman–Crippen MR) is 62.0 cm³/mol. The van der Waals surface area contributed by atoms with Crippen molar-refractivity contribution >= 4 is 37.5 Å². The van der Waals surface area contributed by atoms with Crippen LogP contribution in [-0.4, -0.2) is 6.10 Å². The maximum atomic E-state index is 5.81. The molecule has 0 saturated heterocycles. The normalized spacial score (nSPS) is 10.5. The Balaban J connectivity index is 3.05. The van der Waals surface area contributed by atoms with Crippen molar-refractivity contribution in [1.29, 1.82) is 0 Å². The SMILES string of the molecule is CC(C)Oc1cc(Br)cc(Br)c1N. The van der Waals surface area contributed by atoms with E-state index in [-0.39, 0.29) is 6.10 Å². The summed E-state index contributed by atoms with van der Waals surface area (Å²) in [5.41, 5.74) is 6.44. The number of rotatable bonds is 2. The Hall–Kier alpha value is -0.220. The van der Waals surface area contributed by atoms with E-state index in [2.05, 4.69) is 31.9 Å². The fourth-order valence-electron chi connectivity index (χ4n) is 0.913. The summed E-state index contributed by atoms with van der Waals surface area (Å²) in [7, 11) is 0. The van der Waals surface area contributed by atoms with Crippen LogP contribution in [0, 0.1) is 0 Å². The van der Waals surface area contributed by atoms with Crippen molar-refractivity contribution < 1.29 is 4.74 Å². The third-order valence-corrected chi connectivity index (χ3v) is 2.53. The molecule has 0 saturated carbocycles. The van der Waals surface area contributed by atoms with E-state index < -0.39 is 0 Å². The van der Waals surface area contributed by atoms with E-state index in [1.807, 2.05) is 26.0 Å². The Labute approximate surface area is 94.7 Å². The van der Waals surface area contributed by atoms with Crippen LogP contribution in [0.1, 0.15) is 13.8 Å². The number of nitrogens with two attached hydrogens (primary N) is 1. The van der Waals surface area contributed by atoms with Gasteiger partial charge in [-0.05, 0) is 41.9 Å². The molecule has 0 spiro atoms. The van der Waals surface area contributed by atoms with Crippen LogP contribution in [0.25, 0.3) is 0 Å². The topological polar surface area (TPSA) is 35.2 Å². The number of hydrogen-bond donors (Lipinski definition) is 1. The Bertz CT molecular complexity index is 313. The summed E-state index contributed by atoms with van der Waals surface area (Å²) in [6.07, 6.45) is 0.128. The highest BCUT2D eigenvalue weighted by Crippen LogP contribution is 2.34. The minimum Gasteiger partial charge on any atom is -0.489 e. The van der Waals surface area contributed by atoms with Crippen molar-refractivity contribution in [2.75, 3.05) is 5.73 Å². The highest BCUT2D eigenvalue weighted by Gasteiger charge is 2.07. The van der Waals surface area contributed by atoms with Crippen LogP contribution in [0.2, 0.25) is 0 Å². The highest BCUT2D eigenvalue weighted by atomic mass is 79.9. The van der Waals surface area contributed by atoms with Gasteiger partial charge < -0.3 is 10.5 Å². The van der Waals surface area contributed by atoms with Crippen molar-refractivity contribution in [3.8, 4) is 5.75 Å². The highest BCUT2D eigenvalue weighted by molar-refractivity contribution is 9.11. The van der Waals surface area contributed by atoms with Crippen LogP contribution in [-0.2, 0) is 0 Å². The summed E-state index contributed by atoms with van der Waals surface area (Å²) < 4.78 is 7.31. The van der Waals surface area contributed by atoms with Crippen LogP contribution in [0.15, 0.2) is 21.1 Å². The molecule has 0 fully saturated rings. The van der Waals surface area contributed by atoms with Gasteiger partial charge in [0.05, 0.1) is 11.8 Å². The molecule has 1 aromatic rings. The summed E-state index contributed by atoms with van der Waals surface area (Å²) in [4.78, 5) is 0. The van der Waals surface area contributed by atoms with Gasteiger partial charge in [0.1, 0.15) is 5.75 Å². The van der Waals surface area contributed by atoms with Gasteiger partial charge in [0.15, 0.2) is 0 Å². The zero-order valence-electron chi connectivity index (χ0n) is 7.47. The summed E-state index contributed by atoms with van der Waals surface area (Å²) in [5, 5.41) is 0. The fourth-order valence-corrected chi connectivity index (χ4v) is 2.10. The molecule has 1 rings (SSSR count). The van der Waals surface area contributed by atoms with E-state index in [1.165, 1.54) is 0 Å². The van der Waals surface area contributed by atoms with Crippen LogP contribution in [0.5, 0.6) is 5.75 Å². The molecule has 0 amide bonds. The first kappa shape index (κ1) is 10.9. The molecule has 0 aromatic heterocycles. The van der Waals surface area contributed by atoms with Crippen molar-refractivity contribution in [3.05, 3.63) is 21.1 Å². The van der Waals surface area contributed by atoms with Gasteiger partial charge in [0, 0.05) is 8.95 Å². The molecule has 13 heavy (non-hydrogen) atoms. The quantitative estimate of drug-likeness (QED) is 0.848. The number of ether oxygens (including phenoxy) is 1. The number of anilines is 1. The average Bonchev–Trinajstić information content (AvgIpc) is 1.98. The summed E-state index contributed by atoms with van der Waals surface area (Å²) in [6.45, 7) is 3.93. The van der Waals surface area contributed by atoms with Gasteiger partial charge in [0.2, 0.25) is 0 Å². The van der Waals surface area contributed by atoms with Crippen LogP contribution in [0.4, 0.5) is 5.69 Å². The molecule has 0 atom stereocenters. The summed E-state index contributed by atoms with van der Waals surface area (Å²) in [5.74, 6) is 0.705. The van der Waals surface area contributed by atoms with Crippen LogP contribution in [0.3, 0.4) is 0 Å². The summed E-state index contributed by atoms with van der Waals surface area (Å²) in [6, 6.07) is 3.75. The van der Waals surface area contributed by atoms with Crippen LogP contribution >= 0.6 is 31.9 Å². The number of nitrogen functional groups attached to an aromatic ring is 1. The van der Waals surface area contributed by atoms with E-state index >= 15 is 0 Å². The van der Waals surface area contributed by atoms with Gasteiger partial charge in [-0.25, -0.2) is 0 Å². The van der Waals surface area contributed by atoms with Crippen molar-refractivity contribution in [3.63, 3.8) is 0 Å². The zero-order chi connectivity index (χ0) is 10.0. The molecule has 2 nitrogen and oxygen atoms in total. The number of hydrogen-bond acceptors (Lipinski definition) is 2. The van der Waals surface area contributed by atoms with Crippen molar-refractivity contribution in [2.24, 2.45) is 0 Å². The largest absolute Gasteiger partial charge is 0.489 e. The minimum atomic E-state index is 0.128. The maximum absolute atomic E-state index is 5.81. The first-order valence-corrected chi connectivity index (χ1v) is 5.50. The number of halogens is 2. The summed E-state index contributed by atoms with van der Waals surface area (Å²) >= 11 is 6.72. The Morgan fingerprint density at radius 2 is 1.92 bits per heavy atom. The van der Waals surface area contributed by atoms with Crippen molar-refractivity contribution in [1.82, 2.24) is 0 Å². The first-order valence-electron chi connectivity index (χ1n) is 3.92. The third-order valence-electron chi connectivity index (χ3n) is 1.42. The third kappa shape index (κ3) is 2.88. The molecule has 0 unspecified atom stereocenters. The second kappa shape index (κ2) is 4.33. The second-order valence-electron chi connectivity index (χ2n) is 2.97. The molecular formula is C9H11Br2NO. The van der Waals surface area contributed by atoms with E-state index in [0.717, 1.165) is 8.95 Å². The van der Waals surface area contributed by atoms with Gasteiger partial charge in [-0.1, -0.05) is 15.9 Å². The molecule has 0 aliphatic rings. The lowest BCUT2D eigenvalue weighted by Crippen LogP contribution is -2.07. The molecule has 0 heterocycles. The van der Waals surface area contributed by atoms with Gasteiger partial charge in [-0.3, -0.25) is 0 Å². The molecule has 0 radical (unpaired) electrons. The Morgan fingerprint density at radius 3 is 2.46 bits per heavy atom. The van der Waals surface area contributed by atoms with Gasteiger partial charge >= 0.3 is 0 Å².